The SMILES string of the molecule is C#CCOc1ccc(CC(C)(C)C(=O)O)c([N+](=O)[O-])c1. The summed E-state index contributed by atoms with van der Waals surface area (Å²) in [6.07, 6.45) is 5.10. The lowest BCUT2D eigenvalue weighted by Gasteiger charge is -2.19. The minimum atomic E-state index is -1.09. The van der Waals surface area contributed by atoms with Crippen molar-refractivity contribution in [2.75, 3.05) is 6.61 Å². The first-order valence-corrected chi connectivity index (χ1v) is 5.85. The summed E-state index contributed by atoms with van der Waals surface area (Å²) in [4.78, 5) is 21.6. The number of carboxylic acid groups (broad SMARTS) is 1. The van der Waals surface area contributed by atoms with Gasteiger partial charge in [-0.2, -0.15) is 0 Å². The van der Waals surface area contributed by atoms with E-state index in [1.54, 1.807) is 0 Å². The smallest absolute Gasteiger partial charge is 0.309 e. The maximum Gasteiger partial charge on any atom is 0.309 e. The molecule has 0 aliphatic carbocycles. The molecule has 1 aromatic rings. The molecule has 0 radical (unpaired) electrons. The van der Waals surface area contributed by atoms with Gasteiger partial charge >= 0.3 is 5.97 Å². The standard InChI is InChI=1S/C14H15NO5/c1-4-7-20-11-6-5-10(12(8-11)15(18)19)9-14(2,3)13(16)17/h1,5-6,8H,7,9H2,2-3H3,(H,16,17). The molecule has 106 valence electrons. The van der Waals surface area contributed by atoms with Crippen LogP contribution in [0.15, 0.2) is 18.2 Å². The zero-order chi connectivity index (χ0) is 15.3. The van der Waals surface area contributed by atoms with Crippen molar-refractivity contribution in [1.82, 2.24) is 0 Å². The van der Waals surface area contributed by atoms with Crippen molar-refractivity contribution < 1.29 is 19.6 Å². The van der Waals surface area contributed by atoms with E-state index in [-0.39, 0.29) is 24.5 Å². The Balaban J connectivity index is 3.11. The molecular formula is C14H15NO5. The van der Waals surface area contributed by atoms with Gasteiger partial charge in [0.05, 0.1) is 16.4 Å². The zero-order valence-electron chi connectivity index (χ0n) is 11.3. The molecule has 0 aromatic heterocycles. The summed E-state index contributed by atoms with van der Waals surface area (Å²) in [5.74, 6) is 1.53. The number of nitro groups is 1. The number of carboxylic acids is 1. The van der Waals surface area contributed by atoms with Crippen LogP contribution in [0, 0.1) is 27.9 Å². The molecule has 20 heavy (non-hydrogen) atoms. The lowest BCUT2D eigenvalue weighted by atomic mass is 9.85. The van der Waals surface area contributed by atoms with Gasteiger partial charge in [-0.15, -0.1) is 6.42 Å². The number of aliphatic carboxylic acids is 1. The van der Waals surface area contributed by atoms with Crippen molar-refractivity contribution in [3.8, 4) is 18.1 Å². The van der Waals surface area contributed by atoms with Gasteiger partial charge in [-0.3, -0.25) is 14.9 Å². The molecule has 0 saturated carbocycles. The van der Waals surface area contributed by atoms with Crippen LogP contribution in [0.25, 0.3) is 0 Å². The highest BCUT2D eigenvalue weighted by Crippen LogP contribution is 2.31. The number of benzene rings is 1. The molecule has 1 N–H and O–H groups in total. The second-order valence-electron chi connectivity index (χ2n) is 4.91. The second-order valence-corrected chi connectivity index (χ2v) is 4.91. The lowest BCUT2D eigenvalue weighted by molar-refractivity contribution is -0.385. The molecule has 0 fully saturated rings. The van der Waals surface area contributed by atoms with Crippen LogP contribution in [-0.2, 0) is 11.2 Å². The van der Waals surface area contributed by atoms with E-state index < -0.39 is 16.3 Å². The van der Waals surface area contributed by atoms with Crippen molar-refractivity contribution in [2.45, 2.75) is 20.3 Å². The highest BCUT2D eigenvalue weighted by molar-refractivity contribution is 5.74. The van der Waals surface area contributed by atoms with Crippen LogP contribution in [0.2, 0.25) is 0 Å². The third-order valence-corrected chi connectivity index (χ3v) is 2.79. The molecule has 0 bridgehead atoms. The molecule has 0 amide bonds. The third kappa shape index (κ3) is 3.72. The van der Waals surface area contributed by atoms with Gasteiger partial charge in [0, 0.05) is 5.56 Å². The quantitative estimate of drug-likeness (QED) is 0.489. The molecule has 0 saturated heterocycles. The minimum Gasteiger partial charge on any atom is -0.481 e. The van der Waals surface area contributed by atoms with Crippen molar-refractivity contribution in [3.05, 3.63) is 33.9 Å². The number of hydrogen-bond acceptors (Lipinski definition) is 4. The third-order valence-electron chi connectivity index (χ3n) is 2.79. The van der Waals surface area contributed by atoms with Gasteiger partial charge in [0.25, 0.3) is 5.69 Å². The Labute approximate surface area is 116 Å². The molecule has 0 atom stereocenters. The highest BCUT2D eigenvalue weighted by Gasteiger charge is 2.30. The molecule has 6 nitrogen and oxygen atoms in total. The van der Waals surface area contributed by atoms with E-state index in [0.29, 0.717) is 5.56 Å². The maximum atomic E-state index is 11.1. The van der Waals surface area contributed by atoms with E-state index in [4.69, 9.17) is 16.3 Å². The summed E-state index contributed by atoms with van der Waals surface area (Å²) in [5, 5.41) is 20.2. The van der Waals surface area contributed by atoms with Crippen molar-refractivity contribution >= 4 is 11.7 Å². The fourth-order valence-electron chi connectivity index (χ4n) is 1.63. The van der Waals surface area contributed by atoms with Gasteiger partial charge in [0.15, 0.2) is 0 Å². The van der Waals surface area contributed by atoms with Gasteiger partial charge < -0.3 is 9.84 Å². The Morgan fingerprint density at radius 1 is 1.55 bits per heavy atom. The first kappa shape index (κ1) is 15.5. The zero-order valence-corrected chi connectivity index (χ0v) is 11.3. The molecule has 0 heterocycles. The van der Waals surface area contributed by atoms with E-state index in [0.717, 1.165) is 0 Å². The number of nitro benzene ring substituents is 1. The molecule has 0 aliphatic heterocycles. The highest BCUT2D eigenvalue weighted by atomic mass is 16.6. The number of rotatable bonds is 6. The predicted octanol–water partition coefficient (Wildman–Crippen LogP) is 2.26. The van der Waals surface area contributed by atoms with Gasteiger partial charge in [-0.1, -0.05) is 5.92 Å². The summed E-state index contributed by atoms with van der Waals surface area (Å²) in [6, 6.07) is 4.29. The predicted molar refractivity (Wildman–Crippen MR) is 72.5 cm³/mol. The Hall–Kier alpha value is -2.55. The molecule has 1 aromatic carbocycles. The summed E-state index contributed by atoms with van der Waals surface area (Å²) < 4.78 is 5.12. The Morgan fingerprint density at radius 2 is 2.20 bits per heavy atom. The van der Waals surface area contributed by atoms with Crippen LogP contribution in [0.3, 0.4) is 0 Å². The van der Waals surface area contributed by atoms with Crippen LogP contribution >= 0.6 is 0 Å². The molecule has 0 spiro atoms. The van der Waals surface area contributed by atoms with E-state index in [1.807, 2.05) is 0 Å². The van der Waals surface area contributed by atoms with Gasteiger partial charge in [-0.05, 0) is 32.4 Å². The summed E-state index contributed by atoms with van der Waals surface area (Å²) in [6.45, 7) is 3.04. The molecule has 0 unspecified atom stereocenters. The normalized spacial score (nSPS) is 10.7. The van der Waals surface area contributed by atoms with Crippen LogP contribution < -0.4 is 4.74 Å². The van der Waals surface area contributed by atoms with Gasteiger partial charge in [0.2, 0.25) is 0 Å². The average molecular weight is 277 g/mol. The molecular weight excluding hydrogens is 262 g/mol. The number of ether oxygens (including phenoxy) is 1. The Kier molecular flexibility index (Phi) is 4.70. The van der Waals surface area contributed by atoms with Crippen LogP contribution in [0.4, 0.5) is 5.69 Å². The van der Waals surface area contributed by atoms with Crippen LogP contribution in [-0.4, -0.2) is 22.6 Å². The Morgan fingerprint density at radius 3 is 2.70 bits per heavy atom. The monoisotopic (exact) mass is 277 g/mol. The van der Waals surface area contributed by atoms with Crippen molar-refractivity contribution in [2.24, 2.45) is 5.41 Å². The van der Waals surface area contributed by atoms with Crippen molar-refractivity contribution in [3.63, 3.8) is 0 Å². The fourth-order valence-corrected chi connectivity index (χ4v) is 1.63. The second kappa shape index (κ2) is 6.06. The Bertz CT molecular complexity index is 571. The summed E-state index contributed by atoms with van der Waals surface area (Å²) >= 11 is 0. The summed E-state index contributed by atoms with van der Waals surface area (Å²) in [7, 11) is 0. The number of nitrogens with zero attached hydrogens (tertiary/aromatic N) is 1. The fraction of sp³-hybridized carbons (Fsp3) is 0.357. The molecule has 1 rings (SSSR count). The van der Waals surface area contributed by atoms with Crippen LogP contribution in [0.5, 0.6) is 5.75 Å². The van der Waals surface area contributed by atoms with Crippen LogP contribution in [0.1, 0.15) is 19.4 Å². The van der Waals surface area contributed by atoms with E-state index in [9.17, 15) is 14.9 Å². The number of carbonyl (C=O) groups is 1. The van der Waals surface area contributed by atoms with Gasteiger partial charge in [0.1, 0.15) is 12.4 Å². The average Bonchev–Trinajstić information content (AvgIpc) is 2.36. The van der Waals surface area contributed by atoms with E-state index >= 15 is 0 Å². The van der Waals surface area contributed by atoms with Crippen molar-refractivity contribution in [1.29, 1.82) is 0 Å². The number of hydrogen-bond donors (Lipinski definition) is 1. The molecule has 6 heteroatoms. The minimum absolute atomic E-state index is 0.0110. The largest absolute Gasteiger partial charge is 0.481 e. The maximum absolute atomic E-state index is 11.1. The number of terminal acetylenes is 1. The van der Waals surface area contributed by atoms with Gasteiger partial charge in [-0.25, -0.2) is 0 Å². The first-order chi connectivity index (χ1) is 9.27. The first-order valence-electron chi connectivity index (χ1n) is 5.85. The topological polar surface area (TPSA) is 89.7 Å². The van der Waals surface area contributed by atoms with E-state index in [2.05, 4.69) is 5.92 Å². The summed E-state index contributed by atoms with van der Waals surface area (Å²) in [5.41, 5.74) is -0.921. The lowest BCUT2D eigenvalue weighted by Crippen LogP contribution is -2.26. The molecule has 0 aliphatic rings. The van der Waals surface area contributed by atoms with E-state index in [1.165, 1.54) is 32.0 Å².